The second-order valence-corrected chi connectivity index (χ2v) is 7.90. The first kappa shape index (κ1) is 21.6. The van der Waals surface area contributed by atoms with E-state index in [1.54, 1.807) is 12.5 Å². The molecule has 2 N–H and O–H groups in total. The third-order valence-corrected chi connectivity index (χ3v) is 5.07. The molecule has 2 aromatic carbocycles. The van der Waals surface area contributed by atoms with E-state index in [4.69, 9.17) is 0 Å². The van der Waals surface area contributed by atoms with Crippen LogP contribution in [0.25, 0.3) is 5.69 Å². The summed E-state index contributed by atoms with van der Waals surface area (Å²) in [4.78, 5) is 19.0. The second kappa shape index (κ2) is 10.1. The summed E-state index contributed by atoms with van der Waals surface area (Å²) in [5.41, 5.74) is 3.53. The highest BCUT2D eigenvalue weighted by Gasteiger charge is 2.13. The van der Waals surface area contributed by atoms with Gasteiger partial charge in [0.15, 0.2) is 0 Å². The van der Waals surface area contributed by atoms with E-state index in [1.165, 1.54) is 0 Å². The Morgan fingerprint density at radius 2 is 1.77 bits per heavy atom. The Morgan fingerprint density at radius 1 is 1.03 bits per heavy atom. The fourth-order valence-corrected chi connectivity index (χ4v) is 3.55. The minimum atomic E-state index is -0.0541. The van der Waals surface area contributed by atoms with E-state index < -0.39 is 0 Å². The summed E-state index contributed by atoms with van der Waals surface area (Å²) < 4.78 is 1.95. The van der Waals surface area contributed by atoms with Gasteiger partial charge < -0.3 is 15.2 Å². The molecule has 1 aromatic heterocycles. The Balaban J connectivity index is 1.58. The maximum atomic E-state index is 12.6. The minimum Gasteiger partial charge on any atom is -0.356 e. The molecule has 0 bridgehead atoms. The van der Waals surface area contributed by atoms with Gasteiger partial charge in [-0.2, -0.15) is 0 Å². The van der Waals surface area contributed by atoms with Gasteiger partial charge in [0.2, 0.25) is 0 Å². The van der Waals surface area contributed by atoms with Crippen LogP contribution in [0.2, 0.25) is 0 Å². The molecule has 0 aliphatic rings. The lowest BCUT2D eigenvalue weighted by Crippen LogP contribution is -2.42. The summed E-state index contributed by atoms with van der Waals surface area (Å²) in [6, 6.07) is 16.5. The molecule has 0 spiro atoms. The van der Waals surface area contributed by atoms with E-state index in [0.29, 0.717) is 24.2 Å². The quantitative estimate of drug-likeness (QED) is 0.552. The number of carbonyl (C=O) groups is 1. The van der Waals surface area contributed by atoms with Crippen LogP contribution in [-0.4, -0.2) is 45.5 Å². The zero-order valence-corrected chi connectivity index (χ0v) is 18.2. The van der Waals surface area contributed by atoms with E-state index in [-0.39, 0.29) is 5.91 Å². The van der Waals surface area contributed by atoms with Crippen LogP contribution in [0.4, 0.5) is 11.4 Å². The highest BCUT2D eigenvalue weighted by molar-refractivity contribution is 5.95. The molecule has 0 atom stereocenters. The van der Waals surface area contributed by atoms with Gasteiger partial charge in [0.05, 0.1) is 6.33 Å². The Hall–Kier alpha value is -3.12. The van der Waals surface area contributed by atoms with Crippen LogP contribution in [0.3, 0.4) is 0 Å². The molecule has 1 amide bonds. The van der Waals surface area contributed by atoms with Crippen molar-refractivity contribution in [1.29, 1.82) is 0 Å². The number of amides is 1. The van der Waals surface area contributed by atoms with Crippen LogP contribution in [0.1, 0.15) is 38.1 Å². The maximum Gasteiger partial charge on any atom is 0.251 e. The number of anilines is 2. The van der Waals surface area contributed by atoms with Crippen molar-refractivity contribution in [3.8, 4) is 5.69 Å². The third-order valence-electron chi connectivity index (χ3n) is 5.07. The Kier molecular flexibility index (Phi) is 7.25. The van der Waals surface area contributed by atoms with E-state index in [1.807, 2.05) is 59.3 Å². The Labute approximate surface area is 178 Å². The number of imidazole rings is 1. The van der Waals surface area contributed by atoms with Gasteiger partial charge in [-0.05, 0) is 70.2 Å². The molecule has 0 aliphatic carbocycles. The molecule has 158 valence electrons. The van der Waals surface area contributed by atoms with E-state index in [2.05, 4.69) is 48.2 Å². The minimum absolute atomic E-state index is 0.0541. The molecule has 0 aliphatic heterocycles. The fourth-order valence-electron chi connectivity index (χ4n) is 3.55. The third kappa shape index (κ3) is 5.70. The molecule has 0 unspecified atom stereocenters. The van der Waals surface area contributed by atoms with Crippen molar-refractivity contribution in [2.24, 2.45) is 0 Å². The van der Waals surface area contributed by atoms with Crippen molar-refractivity contribution in [2.45, 2.75) is 39.8 Å². The summed E-state index contributed by atoms with van der Waals surface area (Å²) in [7, 11) is 0. The molecule has 3 rings (SSSR count). The average Bonchev–Trinajstić information content (AvgIpc) is 3.26. The van der Waals surface area contributed by atoms with E-state index in [0.717, 1.165) is 23.6 Å². The van der Waals surface area contributed by atoms with Crippen molar-refractivity contribution >= 4 is 17.3 Å². The molecule has 0 saturated carbocycles. The van der Waals surface area contributed by atoms with E-state index in [9.17, 15) is 4.79 Å². The van der Waals surface area contributed by atoms with Crippen molar-refractivity contribution in [1.82, 2.24) is 19.8 Å². The maximum absolute atomic E-state index is 12.6. The van der Waals surface area contributed by atoms with Crippen LogP contribution in [0.15, 0.2) is 67.3 Å². The molecule has 1 heterocycles. The number of hydrogen-bond acceptors (Lipinski definition) is 4. The fraction of sp³-hybridized carbons (Fsp3) is 0.333. The van der Waals surface area contributed by atoms with Crippen LogP contribution >= 0.6 is 0 Å². The number of nitrogens with zero attached hydrogens (tertiary/aromatic N) is 3. The standard InChI is InChI=1S/C24H31N5O/c1-18(2)29(19(3)4)15-13-26-24(30)20-6-5-7-22(16-20)27-21-8-10-23(11-9-21)28-14-12-25-17-28/h5-12,14,16-19,27H,13,15H2,1-4H3,(H,26,30). The number of aromatic nitrogens is 2. The number of benzene rings is 2. The molecule has 6 nitrogen and oxygen atoms in total. The van der Waals surface area contributed by atoms with Gasteiger partial charge in [-0.25, -0.2) is 4.98 Å². The zero-order valence-electron chi connectivity index (χ0n) is 18.2. The summed E-state index contributed by atoms with van der Waals surface area (Å²) in [5.74, 6) is -0.0541. The lowest BCUT2D eigenvalue weighted by Gasteiger charge is -2.30. The van der Waals surface area contributed by atoms with Gasteiger partial charge >= 0.3 is 0 Å². The zero-order chi connectivity index (χ0) is 21.5. The monoisotopic (exact) mass is 405 g/mol. The van der Waals surface area contributed by atoms with Crippen molar-refractivity contribution in [3.05, 3.63) is 72.8 Å². The summed E-state index contributed by atoms with van der Waals surface area (Å²) in [5, 5.41) is 6.40. The molecule has 0 saturated heterocycles. The van der Waals surface area contributed by atoms with Crippen molar-refractivity contribution in [2.75, 3.05) is 18.4 Å². The lowest BCUT2D eigenvalue weighted by molar-refractivity contribution is 0.0939. The summed E-state index contributed by atoms with van der Waals surface area (Å²) >= 11 is 0. The highest BCUT2D eigenvalue weighted by atomic mass is 16.1. The SMILES string of the molecule is CC(C)N(CCNC(=O)c1cccc(Nc2ccc(-n3ccnc3)cc2)c1)C(C)C. The molecular weight excluding hydrogens is 374 g/mol. The first-order valence-corrected chi connectivity index (χ1v) is 10.4. The van der Waals surface area contributed by atoms with Gasteiger partial charge in [0.1, 0.15) is 0 Å². The predicted octanol–water partition coefficient (Wildman–Crippen LogP) is 4.46. The van der Waals surface area contributed by atoms with Crippen LogP contribution < -0.4 is 10.6 Å². The van der Waals surface area contributed by atoms with Gasteiger partial charge in [-0.3, -0.25) is 9.69 Å². The van der Waals surface area contributed by atoms with Crippen molar-refractivity contribution in [3.63, 3.8) is 0 Å². The highest BCUT2D eigenvalue weighted by Crippen LogP contribution is 2.19. The normalized spacial score (nSPS) is 11.3. The van der Waals surface area contributed by atoms with Gasteiger partial charge in [-0.1, -0.05) is 6.07 Å². The number of hydrogen-bond donors (Lipinski definition) is 2. The lowest BCUT2D eigenvalue weighted by atomic mass is 10.1. The van der Waals surface area contributed by atoms with Gasteiger partial charge in [-0.15, -0.1) is 0 Å². The van der Waals surface area contributed by atoms with Crippen LogP contribution in [0, 0.1) is 0 Å². The van der Waals surface area contributed by atoms with Gasteiger partial charge in [0.25, 0.3) is 5.91 Å². The number of carbonyl (C=O) groups excluding carboxylic acids is 1. The van der Waals surface area contributed by atoms with Crippen molar-refractivity contribution < 1.29 is 4.79 Å². The summed E-state index contributed by atoms with van der Waals surface area (Å²) in [6.45, 7) is 10.2. The number of nitrogens with one attached hydrogen (secondary N) is 2. The molecule has 6 heteroatoms. The van der Waals surface area contributed by atoms with Crippen LogP contribution in [0.5, 0.6) is 0 Å². The second-order valence-electron chi connectivity index (χ2n) is 7.90. The topological polar surface area (TPSA) is 62.2 Å². The molecule has 0 radical (unpaired) electrons. The number of rotatable bonds is 9. The average molecular weight is 406 g/mol. The molecule has 3 aromatic rings. The Morgan fingerprint density at radius 3 is 2.40 bits per heavy atom. The smallest absolute Gasteiger partial charge is 0.251 e. The van der Waals surface area contributed by atoms with E-state index >= 15 is 0 Å². The molecule has 0 fully saturated rings. The Bertz CT molecular complexity index is 924. The largest absolute Gasteiger partial charge is 0.356 e. The first-order chi connectivity index (χ1) is 14.4. The summed E-state index contributed by atoms with van der Waals surface area (Å²) in [6.07, 6.45) is 5.43. The molecule has 30 heavy (non-hydrogen) atoms. The van der Waals surface area contributed by atoms with Crippen LogP contribution in [-0.2, 0) is 0 Å². The van der Waals surface area contributed by atoms with Gasteiger partial charge in [0, 0.05) is 60.2 Å². The molecular formula is C24H31N5O. The first-order valence-electron chi connectivity index (χ1n) is 10.4. The predicted molar refractivity (Wildman–Crippen MR) is 123 cm³/mol.